The molecule has 0 bridgehead atoms. The summed E-state index contributed by atoms with van der Waals surface area (Å²) >= 11 is 1.12. The van der Waals surface area contributed by atoms with E-state index < -0.39 is 84.6 Å². The van der Waals surface area contributed by atoms with Crippen LogP contribution in [0.15, 0.2) is 12.7 Å². The summed E-state index contributed by atoms with van der Waals surface area (Å²) in [5.41, 5.74) is 4.27. The van der Waals surface area contributed by atoms with Gasteiger partial charge in [-0.2, -0.15) is 4.31 Å². The number of imidazole rings is 1. The molecule has 8 unspecified atom stereocenters. The summed E-state index contributed by atoms with van der Waals surface area (Å²) in [5, 5.41) is 26.4. The number of thioether (sulfide) groups is 1. The Morgan fingerprint density at radius 3 is 2.39 bits per heavy atom. The van der Waals surface area contributed by atoms with Crippen LogP contribution in [0.5, 0.6) is 0 Å². The van der Waals surface area contributed by atoms with Crippen molar-refractivity contribution in [3.63, 3.8) is 0 Å². The number of phosphoric ester groups is 3. The van der Waals surface area contributed by atoms with E-state index in [1.165, 1.54) is 13.8 Å². The number of aliphatic hydroxyl groups excluding tert-OH is 2. The standard InChI is InChI=1S/C28H48N7O17P3S/c1-5-16(2)6-7-19(37)56-11-10-30-18(36)8-9-31-26(40)23(39)28(3,4)13-49-55(46,47)52-54(44,45)48-12-17-22(51-53(41,42)43)21(38)27(50-17)35-15-34-20-24(29)32-14-33-25(20)35/h14-17,21-23,27,38-39H,5-13H2,1-4H3,(H,30,36)(H,31,40)(H,44,45)(H,46,47)(H2,29,32,33)(H2,41,42,43). The molecule has 2 aromatic heterocycles. The summed E-state index contributed by atoms with van der Waals surface area (Å²) in [4.78, 5) is 87.5. The number of nitrogens with zero attached hydrogens (tertiary/aromatic N) is 4. The summed E-state index contributed by atoms with van der Waals surface area (Å²) in [5.74, 6) is -0.596. The van der Waals surface area contributed by atoms with Gasteiger partial charge >= 0.3 is 23.5 Å². The van der Waals surface area contributed by atoms with Crippen molar-refractivity contribution < 1.29 is 80.5 Å². The minimum atomic E-state index is -5.57. The van der Waals surface area contributed by atoms with Gasteiger partial charge in [0, 0.05) is 37.1 Å². The Morgan fingerprint density at radius 2 is 1.73 bits per heavy atom. The first kappa shape index (κ1) is 47.9. The summed E-state index contributed by atoms with van der Waals surface area (Å²) in [6, 6.07) is 0. The fourth-order valence-corrected chi connectivity index (χ4v) is 8.46. The van der Waals surface area contributed by atoms with Gasteiger partial charge in [-0.1, -0.05) is 45.9 Å². The maximum Gasteiger partial charge on any atom is 0.481 e. The Hall–Kier alpha value is -2.44. The van der Waals surface area contributed by atoms with Crippen LogP contribution < -0.4 is 16.4 Å². The van der Waals surface area contributed by atoms with Crippen LogP contribution in [0.3, 0.4) is 0 Å². The number of nitrogens with one attached hydrogen (secondary N) is 2. The van der Waals surface area contributed by atoms with Crippen molar-refractivity contribution in [2.45, 2.75) is 84.0 Å². The average Bonchev–Trinajstić information content (AvgIpc) is 3.66. The number of aromatic nitrogens is 4. The quantitative estimate of drug-likeness (QED) is 0.0542. The number of hydrogen-bond donors (Lipinski definition) is 9. The van der Waals surface area contributed by atoms with Gasteiger partial charge in [0.15, 0.2) is 22.8 Å². The first-order valence-corrected chi connectivity index (χ1v) is 22.5. The van der Waals surface area contributed by atoms with Gasteiger partial charge in [-0.05, 0) is 12.3 Å². The van der Waals surface area contributed by atoms with Crippen molar-refractivity contribution in [2.75, 3.05) is 37.8 Å². The number of carbonyl (C=O) groups is 3. The zero-order chi connectivity index (χ0) is 42.1. The van der Waals surface area contributed by atoms with E-state index in [1.807, 2.05) is 0 Å². The number of anilines is 1. The Bertz CT molecular complexity index is 1820. The molecule has 3 heterocycles. The number of carbonyl (C=O) groups excluding carboxylic acids is 3. The molecule has 8 atom stereocenters. The van der Waals surface area contributed by atoms with Crippen LogP contribution in [0, 0.1) is 11.3 Å². The fourth-order valence-electron chi connectivity index (χ4n) is 4.94. The molecule has 0 radical (unpaired) electrons. The number of aliphatic hydroxyl groups is 2. The van der Waals surface area contributed by atoms with Crippen molar-refractivity contribution >= 4 is 69.1 Å². The highest BCUT2D eigenvalue weighted by atomic mass is 32.2. The molecule has 28 heteroatoms. The van der Waals surface area contributed by atoms with Crippen LogP contribution in [-0.2, 0) is 50.7 Å². The van der Waals surface area contributed by atoms with Crippen molar-refractivity contribution in [2.24, 2.45) is 11.3 Å². The fraction of sp³-hybridized carbons (Fsp3) is 0.714. The Balaban J connectivity index is 1.48. The SMILES string of the molecule is CCC(C)CCC(=O)SCCNC(=O)CCNC(=O)C(O)C(C)(C)COP(=O)(O)OP(=O)(O)OCC1OC(n2cnc3c(N)ncnc32)C(O)C1OP(=O)(O)O. The third-order valence-corrected chi connectivity index (χ3v) is 12.3. The number of fused-ring (bicyclic) bond motifs is 1. The monoisotopic (exact) mass is 879 g/mol. The number of phosphoric acid groups is 3. The minimum absolute atomic E-state index is 0.0319. The lowest BCUT2D eigenvalue weighted by atomic mass is 9.87. The number of amides is 2. The molecule has 318 valence electrons. The molecule has 24 nitrogen and oxygen atoms in total. The zero-order valence-corrected chi connectivity index (χ0v) is 34.3. The predicted octanol–water partition coefficient (Wildman–Crippen LogP) is 0.491. The van der Waals surface area contributed by atoms with E-state index in [9.17, 15) is 57.9 Å². The van der Waals surface area contributed by atoms with Crippen molar-refractivity contribution in [1.29, 1.82) is 0 Å². The van der Waals surface area contributed by atoms with Crippen LogP contribution in [0.25, 0.3) is 11.2 Å². The van der Waals surface area contributed by atoms with E-state index in [1.54, 1.807) is 0 Å². The third-order valence-electron chi connectivity index (χ3n) is 8.30. The molecule has 1 fully saturated rings. The Kier molecular flexibility index (Phi) is 17.5. The van der Waals surface area contributed by atoms with Crippen molar-refractivity contribution in [3.8, 4) is 0 Å². The topological polar surface area (TPSA) is 364 Å². The highest BCUT2D eigenvalue weighted by molar-refractivity contribution is 8.13. The lowest BCUT2D eigenvalue weighted by molar-refractivity contribution is -0.137. The lowest BCUT2D eigenvalue weighted by Gasteiger charge is -2.30. The second kappa shape index (κ2) is 20.5. The molecule has 1 aliphatic rings. The largest absolute Gasteiger partial charge is 0.481 e. The minimum Gasteiger partial charge on any atom is -0.386 e. The van der Waals surface area contributed by atoms with E-state index in [4.69, 9.17) is 19.5 Å². The molecular weight excluding hydrogens is 831 g/mol. The van der Waals surface area contributed by atoms with Gasteiger partial charge in [-0.25, -0.2) is 28.6 Å². The maximum absolute atomic E-state index is 12.7. The van der Waals surface area contributed by atoms with Gasteiger partial charge in [0.25, 0.3) is 0 Å². The molecule has 0 saturated carbocycles. The normalized spacial score (nSPS) is 22.2. The highest BCUT2D eigenvalue weighted by Crippen LogP contribution is 2.61. The summed E-state index contributed by atoms with van der Waals surface area (Å²) in [6.45, 7) is 4.67. The van der Waals surface area contributed by atoms with E-state index in [0.29, 0.717) is 18.1 Å². The summed E-state index contributed by atoms with van der Waals surface area (Å²) in [6.07, 6.45) is -4.65. The molecule has 10 N–H and O–H groups in total. The smallest absolute Gasteiger partial charge is 0.386 e. The molecule has 2 amide bonds. The van der Waals surface area contributed by atoms with Crippen LogP contribution in [0.4, 0.5) is 5.82 Å². The Labute approximate surface area is 325 Å². The second-order valence-corrected chi connectivity index (χ2v) is 18.7. The number of ether oxygens (including phenoxy) is 1. The molecule has 0 aliphatic carbocycles. The van der Waals surface area contributed by atoms with Gasteiger partial charge in [-0.3, -0.25) is 32.5 Å². The van der Waals surface area contributed by atoms with Crippen LogP contribution in [0.1, 0.15) is 59.6 Å². The number of hydrogen-bond acceptors (Lipinski definition) is 18. The van der Waals surface area contributed by atoms with Crippen molar-refractivity contribution in [1.82, 2.24) is 30.2 Å². The molecular formula is C28H48N7O17P3S. The highest BCUT2D eigenvalue weighted by Gasteiger charge is 2.50. The third kappa shape index (κ3) is 14.7. The summed E-state index contributed by atoms with van der Waals surface area (Å²) in [7, 11) is -16.4. The molecule has 0 spiro atoms. The van der Waals surface area contributed by atoms with E-state index >= 15 is 0 Å². The number of nitrogens with two attached hydrogens (primary N) is 1. The van der Waals surface area contributed by atoms with Crippen LogP contribution in [-0.4, -0.2) is 123 Å². The molecule has 3 rings (SSSR count). The molecule has 0 aromatic carbocycles. The summed E-state index contributed by atoms with van der Waals surface area (Å²) < 4.78 is 62.1. The average molecular weight is 880 g/mol. The number of nitrogen functional groups attached to an aromatic ring is 1. The maximum atomic E-state index is 12.7. The van der Waals surface area contributed by atoms with E-state index in [2.05, 4.69) is 48.3 Å². The second-order valence-electron chi connectivity index (χ2n) is 13.3. The van der Waals surface area contributed by atoms with Gasteiger partial charge in [0.1, 0.15) is 36.3 Å². The lowest BCUT2D eigenvalue weighted by Crippen LogP contribution is -2.46. The molecule has 1 aliphatic heterocycles. The number of rotatable bonds is 23. The molecule has 1 saturated heterocycles. The van der Waals surface area contributed by atoms with E-state index in [0.717, 1.165) is 41.8 Å². The Morgan fingerprint density at radius 1 is 1.05 bits per heavy atom. The molecule has 2 aromatic rings. The zero-order valence-electron chi connectivity index (χ0n) is 30.8. The van der Waals surface area contributed by atoms with Gasteiger partial charge in [0.05, 0.1) is 19.5 Å². The van der Waals surface area contributed by atoms with Gasteiger partial charge in [0.2, 0.25) is 11.8 Å². The van der Waals surface area contributed by atoms with Crippen LogP contribution in [0.2, 0.25) is 0 Å². The molecule has 56 heavy (non-hydrogen) atoms. The predicted molar refractivity (Wildman–Crippen MR) is 196 cm³/mol. The van der Waals surface area contributed by atoms with E-state index in [-0.39, 0.29) is 41.6 Å². The first-order chi connectivity index (χ1) is 25.9. The van der Waals surface area contributed by atoms with Crippen molar-refractivity contribution in [3.05, 3.63) is 12.7 Å². The first-order valence-electron chi connectivity index (χ1n) is 17.0. The van der Waals surface area contributed by atoms with Gasteiger partial charge < -0.3 is 50.9 Å². The van der Waals surface area contributed by atoms with Gasteiger partial charge in [-0.15, -0.1) is 0 Å². The van der Waals surface area contributed by atoms with Crippen LogP contribution >= 0.6 is 35.2 Å².